The topological polar surface area (TPSA) is 58.6 Å². The van der Waals surface area contributed by atoms with Crippen LogP contribution in [0.2, 0.25) is 0 Å². The molecule has 0 radical (unpaired) electrons. The quantitative estimate of drug-likeness (QED) is 0.408. The third-order valence-electron chi connectivity index (χ3n) is 5.29. The summed E-state index contributed by atoms with van der Waals surface area (Å²) in [5.74, 6) is -0.1000. The minimum absolute atomic E-state index is 0.0840. The Bertz CT molecular complexity index is 1290. The second kappa shape index (κ2) is 9.83. The third-order valence-corrected chi connectivity index (χ3v) is 6.48. The first-order chi connectivity index (χ1) is 16.0. The summed E-state index contributed by atoms with van der Waals surface area (Å²) in [6.45, 7) is 0.434. The summed E-state index contributed by atoms with van der Waals surface area (Å²) in [4.78, 5) is 27.2. The van der Waals surface area contributed by atoms with Crippen molar-refractivity contribution in [2.75, 3.05) is 14.1 Å². The van der Waals surface area contributed by atoms with Crippen molar-refractivity contribution in [3.05, 3.63) is 100 Å². The number of ether oxygens (including phenoxy) is 1. The maximum absolute atomic E-state index is 14.7. The van der Waals surface area contributed by atoms with Crippen LogP contribution in [0.3, 0.4) is 0 Å². The zero-order valence-corrected chi connectivity index (χ0v) is 19.1. The first kappa shape index (κ1) is 22.5. The van der Waals surface area contributed by atoms with Crippen LogP contribution >= 0.6 is 11.3 Å². The highest BCUT2D eigenvalue weighted by Crippen LogP contribution is 2.35. The number of hydrogen-bond acceptors (Lipinski definition) is 4. The van der Waals surface area contributed by atoms with Crippen molar-refractivity contribution in [1.29, 1.82) is 0 Å². The molecule has 0 unspecified atom stereocenters. The second-order valence-corrected chi connectivity index (χ2v) is 8.61. The average Bonchev–Trinajstić information content (AvgIpc) is 3.22. The van der Waals surface area contributed by atoms with Gasteiger partial charge in [0, 0.05) is 41.9 Å². The number of benzene rings is 3. The number of rotatable bonds is 7. The summed E-state index contributed by atoms with van der Waals surface area (Å²) < 4.78 is 21.3. The van der Waals surface area contributed by atoms with Crippen molar-refractivity contribution in [2.45, 2.75) is 13.2 Å². The maximum Gasteiger partial charge on any atom is 0.264 e. The van der Waals surface area contributed by atoms with Crippen molar-refractivity contribution < 1.29 is 18.7 Å². The Morgan fingerprint density at radius 1 is 1.00 bits per heavy atom. The van der Waals surface area contributed by atoms with E-state index in [0.29, 0.717) is 38.4 Å². The molecule has 1 N–H and O–H groups in total. The van der Waals surface area contributed by atoms with E-state index in [-0.39, 0.29) is 24.2 Å². The van der Waals surface area contributed by atoms with Gasteiger partial charge in [-0.05, 0) is 42.0 Å². The van der Waals surface area contributed by atoms with Crippen LogP contribution in [0, 0.1) is 5.82 Å². The van der Waals surface area contributed by atoms with Crippen molar-refractivity contribution in [3.63, 3.8) is 0 Å². The fourth-order valence-electron chi connectivity index (χ4n) is 3.57. The second-order valence-electron chi connectivity index (χ2n) is 7.56. The van der Waals surface area contributed by atoms with Crippen LogP contribution in [-0.2, 0) is 13.2 Å². The van der Waals surface area contributed by atoms with E-state index in [1.807, 2.05) is 48.5 Å². The monoisotopic (exact) mass is 462 g/mol. The van der Waals surface area contributed by atoms with Gasteiger partial charge in [-0.25, -0.2) is 4.39 Å². The molecule has 0 bridgehead atoms. The van der Waals surface area contributed by atoms with E-state index in [9.17, 15) is 14.0 Å². The van der Waals surface area contributed by atoms with E-state index in [1.54, 1.807) is 37.2 Å². The molecule has 0 aliphatic carbocycles. The predicted octanol–water partition coefficient (Wildman–Crippen LogP) is 5.25. The summed E-state index contributed by atoms with van der Waals surface area (Å²) in [7, 11) is 3.28. The van der Waals surface area contributed by atoms with E-state index in [2.05, 4.69) is 5.32 Å². The number of halogens is 1. The van der Waals surface area contributed by atoms with E-state index in [0.717, 1.165) is 5.56 Å². The molecule has 7 heteroatoms. The number of carbonyl (C=O) groups excluding carboxylic acids is 2. The number of nitrogens with one attached hydrogen (secondary N) is 1. The van der Waals surface area contributed by atoms with E-state index in [1.165, 1.54) is 17.4 Å². The maximum atomic E-state index is 14.7. The molecule has 3 aromatic carbocycles. The molecule has 2 amide bonds. The minimum Gasteiger partial charge on any atom is -0.489 e. The number of para-hydroxylation sites is 1. The first-order valence-corrected chi connectivity index (χ1v) is 11.2. The van der Waals surface area contributed by atoms with Crippen molar-refractivity contribution >= 4 is 33.2 Å². The smallest absolute Gasteiger partial charge is 0.264 e. The van der Waals surface area contributed by atoms with Gasteiger partial charge in [0.1, 0.15) is 18.2 Å². The summed E-state index contributed by atoms with van der Waals surface area (Å²) in [5, 5.41) is 3.01. The van der Waals surface area contributed by atoms with Gasteiger partial charge in [0.15, 0.2) is 0 Å². The van der Waals surface area contributed by atoms with Crippen LogP contribution in [0.15, 0.2) is 72.8 Å². The fraction of sp³-hybridized carbons (Fsp3) is 0.154. The molecule has 0 saturated heterocycles. The molecular formula is C26H23FN2O3S. The van der Waals surface area contributed by atoms with Gasteiger partial charge in [0.05, 0.1) is 4.88 Å². The SMILES string of the molecule is CNC(=O)c1ccc(CN(C)C(=O)c2sc3cccc(F)c3c2COc2ccccc2)cc1. The fourth-order valence-corrected chi connectivity index (χ4v) is 4.79. The molecule has 0 aliphatic heterocycles. The number of amides is 2. The van der Waals surface area contributed by atoms with E-state index in [4.69, 9.17) is 4.74 Å². The minimum atomic E-state index is -0.373. The van der Waals surface area contributed by atoms with Gasteiger partial charge < -0.3 is 15.0 Å². The number of nitrogens with zero attached hydrogens (tertiary/aromatic N) is 1. The molecule has 5 nitrogen and oxygen atoms in total. The van der Waals surface area contributed by atoms with Gasteiger partial charge in [-0.3, -0.25) is 9.59 Å². The summed E-state index contributed by atoms with van der Waals surface area (Å²) >= 11 is 1.27. The third kappa shape index (κ3) is 4.88. The molecule has 0 spiro atoms. The zero-order valence-electron chi connectivity index (χ0n) is 18.3. The zero-order chi connectivity index (χ0) is 23.4. The molecular weight excluding hydrogens is 439 g/mol. The highest BCUT2D eigenvalue weighted by molar-refractivity contribution is 7.21. The first-order valence-electron chi connectivity index (χ1n) is 10.4. The largest absolute Gasteiger partial charge is 0.489 e. The van der Waals surface area contributed by atoms with Gasteiger partial charge >= 0.3 is 0 Å². The number of fused-ring (bicyclic) bond motifs is 1. The summed E-state index contributed by atoms with van der Waals surface area (Å²) in [6, 6.07) is 21.2. The summed E-state index contributed by atoms with van der Waals surface area (Å²) in [6.07, 6.45) is 0. The Labute approximate surface area is 195 Å². The normalized spacial score (nSPS) is 10.8. The molecule has 1 heterocycles. The average molecular weight is 463 g/mol. The molecule has 0 atom stereocenters. The Hall–Kier alpha value is -3.71. The highest BCUT2D eigenvalue weighted by atomic mass is 32.1. The number of hydrogen-bond donors (Lipinski definition) is 1. The number of thiophene rings is 1. The van der Waals surface area contributed by atoms with Gasteiger partial charge in [-0.15, -0.1) is 11.3 Å². The van der Waals surface area contributed by atoms with Crippen molar-refractivity contribution in [3.8, 4) is 5.75 Å². The van der Waals surface area contributed by atoms with E-state index >= 15 is 0 Å². The van der Waals surface area contributed by atoms with Gasteiger partial charge in [-0.2, -0.15) is 0 Å². The highest BCUT2D eigenvalue weighted by Gasteiger charge is 2.24. The van der Waals surface area contributed by atoms with Crippen LogP contribution in [0.25, 0.3) is 10.1 Å². The summed E-state index contributed by atoms with van der Waals surface area (Å²) in [5.41, 5.74) is 1.98. The lowest BCUT2D eigenvalue weighted by molar-refractivity contribution is 0.0787. The molecule has 0 aliphatic rings. The lowest BCUT2D eigenvalue weighted by atomic mass is 10.1. The molecule has 0 saturated carbocycles. The molecule has 4 aromatic rings. The Kier molecular flexibility index (Phi) is 6.70. The Balaban J connectivity index is 1.60. The van der Waals surface area contributed by atoms with Crippen molar-refractivity contribution in [2.24, 2.45) is 0 Å². The van der Waals surface area contributed by atoms with Gasteiger partial charge in [-0.1, -0.05) is 36.4 Å². The van der Waals surface area contributed by atoms with E-state index < -0.39 is 0 Å². The van der Waals surface area contributed by atoms with Crippen LogP contribution in [0.1, 0.15) is 31.2 Å². The van der Waals surface area contributed by atoms with Crippen LogP contribution in [0.4, 0.5) is 4.39 Å². The van der Waals surface area contributed by atoms with Crippen LogP contribution in [0.5, 0.6) is 5.75 Å². The number of carbonyl (C=O) groups is 2. The standard InChI is InChI=1S/C26H23FN2O3S/c1-28-25(30)18-13-11-17(12-14-18)15-29(2)26(31)24-20(16-32-19-7-4-3-5-8-19)23-21(27)9-6-10-22(23)33-24/h3-14H,15-16H2,1-2H3,(H,28,30). The van der Waals surface area contributed by atoms with Crippen LogP contribution < -0.4 is 10.1 Å². The molecule has 0 fully saturated rings. The molecule has 168 valence electrons. The van der Waals surface area contributed by atoms with Crippen LogP contribution in [-0.4, -0.2) is 30.8 Å². The molecule has 33 heavy (non-hydrogen) atoms. The van der Waals surface area contributed by atoms with Crippen molar-refractivity contribution in [1.82, 2.24) is 10.2 Å². The predicted molar refractivity (Wildman–Crippen MR) is 128 cm³/mol. The lowest BCUT2D eigenvalue weighted by Gasteiger charge is -2.18. The molecule has 4 rings (SSSR count). The molecule has 1 aromatic heterocycles. The van der Waals surface area contributed by atoms with Gasteiger partial charge in [0.25, 0.3) is 11.8 Å². The van der Waals surface area contributed by atoms with Gasteiger partial charge in [0.2, 0.25) is 0 Å². The Morgan fingerprint density at radius 2 is 1.73 bits per heavy atom. The lowest BCUT2D eigenvalue weighted by Crippen LogP contribution is -2.26. The Morgan fingerprint density at radius 3 is 2.42 bits per heavy atom.